The zero-order valence-electron chi connectivity index (χ0n) is 13.6. The van der Waals surface area contributed by atoms with Crippen molar-refractivity contribution in [1.82, 2.24) is 5.32 Å². The van der Waals surface area contributed by atoms with E-state index in [-0.39, 0.29) is 18.3 Å². The first-order chi connectivity index (χ1) is 8.93. The van der Waals surface area contributed by atoms with Gasteiger partial charge in [-0.25, -0.2) is 4.79 Å². The zero-order valence-corrected chi connectivity index (χ0v) is 13.6. The van der Waals surface area contributed by atoms with Gasteiger partial charge in [0.2, 0.25) is 0 Å². The molecular formula is C14H26BNO4. The first-order valence-corrected chi connectivity index (χ1v) is 6.93. The Bertz CT molecular complexity index is 369. The van der Waals surface area contributed by atoms with E-state index in [1.165, 1.54) is 0 Å². The Kier molecular flexibility index (Phi) is 4.92. The molecule has 1 amide bonds. The summed E-state index contributed by atoms with van der Waals surface area (Å²) in [7, 11) is -0.295. The van der Waals surface area contributed by atoms with Crippen molar-refractivity contribution in [2.24, 2.45) is 0 Å². The van der Waals surface area contributed by atoms with Crippen molar-refractivity contribution in [3.63, 3.8) is 0 Å². The lowest BCUT2D eigenvalue weighted by atomic mass is 9.85. The molecule has 20 heavy (non-hydrogen) atoms. The van der Waals surface area contributed by atoms with Gasteiger partial charge in [-0.05, 0) is 48.5 Å². The monoisotopic (exact) mass is 283 g/mol. The molecule has 0 unspecified atom stereocenters. The highest BCUT2D eigenvalue weighted by Crippen LogP contribution is 2.37. The van der Waals surface area contributed by atoms with Gasteiger partial charge in [-0.15, -0.1) is 0 Å². The highest BCUT2D eigenvalue weighted by atomic mass is 16.7. The van der Waals surface area contributed by atoms with Gasteiger partial charge in [-0.3, -0.25) is 5.32 Å². The minimum absolute atomic E-state index is 0.295. The zero-order chi connectivity index (χ0) is 15.6. The van der Waals surface area contributed by atoms with Crippen LogP contribution in [-0.2, 0) is 14.0 Å². The van der Waals surface area contributed by atoms with Crippen LogP contribution in [0.3, 0.4) is 0 Å². The van der Waals surface area contributed by atoms with Gasteiger partial charge < -0.3 is 14.0 Å². The Morgan fingerprint density at radius 2 is 1.70 bits per heavy atom. The van der Waals surface area contributed by atoms with Crippen molar-refractivity contribution in [2.45, 2.75) is 71.6 Å². The van der Waals surface area contributed by atoms with Crippen molar-refractivity contribution in [1.29, 1.82) is 0 Å². The number of alkyl carbamates (subject to hydrolysis) is 1. The van der Waals surface area contributed by atoms with Gasteiger partial charge in [0.1, 0.15) is 5.60 Å². The summed E-state index contributed by atoms with van der Waals surface area (Å²) in [5.41, 5.74) is -1.15. The van der Waals surface area contributed by atoms with E-state index in [0.29, 0.717) is 6.32 Å². The van der Waals surface area contributed by atoms with E-state index in [1.807, 2.05) is 48.5 Å². The minimum atomic E-state index is -0.496. The molecule has 1 aliphatic rings. The standard InChI is InChI=1S/C14H26BNO4/c1-12(2,3)18-11(17)16-10-8-9-15-19-13(4,5)14(6,7)20-15/h8,10H,9H2,1-7H3,(H,16,17)/b10-8+. The van der Waals surface area contributed by atoms with Crippen LogP contribution in [0.1, 0.15) is 48.5 Å². The topological polar surface area (TPSA) is 56.8 Å². The molecule has 0 aliphatic carbocycles. The van der Waals surface area contributed by atoms with E-state index in [9.17, 15) is 4.79 Å². The normalized spacial score (nSPS) is 21.2. The van der Waals surface area contributed by atoms with Gasteiger partial charge in [-0.2, -0.15) is 0 Å². The second kappa shape index (κ2) is 5.78. The Morgan fingerprint density at radius 3 is 2.15 bits per heavy atom. The number of nitrogens with one attached hydrogen (secondary N) is 1. The maximum atomic E-state index is 11.4. The van der Waals surface area contributed by atoms with Gasteiger partial charge in [0.05, 0.1) is 11.2 Å². The lowest BCUT2D eigenvalue weighted by Gasteiger charge is -2.32. The molecule has 0 saturated carbocycles. The molecule has 0 radical (unpaired) electrons. The third kappa shape index (κ3) is 4.83. The van der Waals surface area contributed by atoms with E-state index in [4.69, 9.17) is 14.0 Å². The molecule has 0 aromatic carbocycles. The number of ether oxygens (including phenoxy) is 1. The Morgan fingerprint density at radius 1 is 1.20 bits per heavy atom. The molecule has 0 aromatic heterocycles. The highest BCUT2D eigenvalue weighted by Gasteiger charge is 2.50. The molecule has 0 aromatic rings. The fraction of sp³-hybridized carbons (Fsp3) is 0.786. The smallest absolute Gasteiger partial charge is 0.444 e. The van der Waals surface area contributed by atoms with Crippen molar-refractivity contribution in [3.05, 3.63) is 12.3 Å². The number of hydrogen-bond donors (Lipinski definition) is 1. The first-order valence-electron chi connectivity index (χ1n) is 6.93. The third-order valence-corrected chi connectivity index (χ3v) is 3.35. The number of hydrogen-bond acceptors (Lipinski definition) is 4. The number of rotatable bonds is 3. The predicted molar refractivity (Wildman–Crippen MR) is 79.4 cm³/mol. The van der Waals surface area contributed by atoms with E-state index < -0.39 is 11.7 Å². The van der Waals surface area contributed by atoms with Crippen LogP contribution in [0.5, 0.6) is 0 Å². The summed E-state index contributed by atoms with van der Waals surface area (Å²) in [4.78, 5) is 11.4. The van der Waals surface area contributed by atoms with Gasteiger partial charge in [0.15, 0.2) is 0 Å². The van der Waals surface area contributed by atoms with Crippen LogP contribution < -0.4 is 5.32 Å². The lowest BCUT2D eigenvalue weighted by Crippen LogP contribution is -2.41. The predicted octanol–water partition coefficient (Wildman–Crippen LogP) is 3.12. The Balaban J connectivity index is 2.35. The van der Waals surface area contributed by atoms with E-state index >= 15 is 0 Å². The first kappa shape index (κ1) is 17.0. The molecule has 1 saturated heterocycles. The maximum absolute atomic E-state index is 11.4. The summed E-state index contributed by atoms with van der Waals surface area (Å²) < 4.78 is 16.8. The molecule has 5 nitrogen and oxygen atoms in total. The molecule has 6 heteroatoms. The number of carbonyl (C=O) groups excluding carboxylic acids is 1. The molecular weight excluding hydrogens is 257 g/mol. The molecule has 1 aliphatic heterocycles. The molecule has 0 atom stereocenters. The van der Waals surface area contributed by atoms with Gasteiger partial charge in [0, 0.05) is 12.5 Å². The van der Waals surface area contributed by atoms with Crippen LogP contribution in [0.25, 0.3) is 0 Å². The molecule has 1 N–H and O–H groups in total. The Labute approximate surface area is 122 Å². The van der Waals surface area contributed by atoms with Crippen LogP contribution >= 0.6 is 0 Å². The molecule has 1 fully saturated rings. The third-order valence-electron chi connectivity index (χ3n) is 3.35. The largest absolute Gasteiger partial charge is 0.461 e. The van der Waals surface area contributed by atoms with Crippen LogP contribution in [0.15, 0.2) is 12.3 Å². The summed E-state index contributed by atoms with van der Waals surface area (Å²) in [5.74, 6) is 0. The maximum Gasteiger partial charge on any atom is 0.461 e. The molecule has 1 rings (SSSR count). The second-order valence-electron chi connectivity index (χ2n) is 6.97. The fourth-order valence-corrected chi connectivity index (χ4v) is 1.68. The Hall–Kier alpha value is -1.01. The fourth-order valence-electron chi connectivity index (χ4n) is 1.68. The van der Waals surface area contributed by atoms with Crippen LogP contribution in [0, 0.1) is 0 Å². The molecule has 0 spiro atoms. The molecule has 0 bridgehead atoms. The average Bonchev–Trinajstić information content (AvgIpc) is 2.40. The summed E-state index contributed by atoms with van der Waals surface area (Å²) in [6.07, 6.45) is 3.45. The van der Waals surface area contributed by atoms with Crippen molar-refractivity contribution in [3.8, 4) is 0 Å². The number of carbonyl (C=O) groups is 1. The number of amides is 1. The van der Waals surface area contributed by atoms with Crippen LogP contribution in [0.4, 0.5) is 4.79 Å². The minimum Gasteiger partial charge on any atom is -0.444 e. The highest BCUT2D eigenvalue weighted by molar-refractivity contribution is 6.46. The van der Waals surface area contributed by atoms with Crippen molar-refractivity contribution < 1.29 is 18.8 Å². The van der Waals surface area contributed by atoms with E-state index in [2.05, 4.69) is 5.32 Å². The summed E-state index contributed by atoms with van der Waals surface area (Å²) in [5, 5.41) is 2.55. The molecule has 114 valence electrons. The summed E-state index contributed by atoms with van der Waals surface area (Å²) in [6.45, 7) is 13.5. The van der Waals surface area contributed by atoms with E-state index in [1.54, 1.807) is 12.3 Å². The number of allylic oxidation sites excluding steroid dienone is 1. The lowest BCUT2D eigenvalue weighted by molar-refractivity contribution is 0.00578. The summed E-state index contributed by atoms with van der Waals surface area (Å²) in [6, 6.07) is 0. The van der Waals surface area contributed by atoms with Crippen LogP contribution in [-0.4, -0.2) is 30.0 Å². The summed E-state index contributed by atoms with van der Waals surface area (Å²) >= 11 is 0. The quantitative estimate of drug-likeness (QED) is 0.808. The van der Waals surface area contributed by atoms with Crippen molar-refractivity contribution >= 4 is 13.2 Å². The van der Waals surface area contributed by atoms with Gasteiger partial charge >= 0.3 is 13.2 Å². The molecule has 1 heterocycles. The van der Waals surface area contributed by atoms with Crippen LogP contribution in [0.2, 0.25) is 6.32 Å². The average molecular weight is 283 g/mol. The SMILES string of the molecule is CC(C)(C)OC(=O)N/C=C/CB1OC(C)(C)C(C)(C)O1. The second-order valence-corrected chi connectivity index (χ2v) is 6.97. The van der Waals surface area contributed by atoms with Crippen molar-refractivity contribution in [2.75, 3.05) is 0 Å². The van der Waals surface area contributed by atoms with Gasteiger partial charge in [0.25, 0.3) is 0 Å². The van der Waals surface area contributed by atoms with Gasteiger partial charge in [-0.1, -0.05) is 6.08 Å². The van der Waals surface area contributed by atoms with E-state index in [0.717, 1.165) is 0 Å².